The number of aromatic nitrogens is 2. The smallest absolute Gasteiger partial charge is 0.419 e. The lowest BCUT2D eigenvalue weighted by Gasteiger charge is -2.11. The van der Waals surface area contributed by atoms with E-state index in [0.717, 1.165) is 18.3 Å². The molecule has 0 aliphatic rings. The number of benzene rings is 1. The molecule has 0 aliphatic heterocycles. The van der Waals surface area contributed by atoms with Gasteiger partial charge in [-0.1, -0.05) is 12.1 Å². The molecule has 1 heterocycles. The maximum Gasteiger partial charge on any atom is 0.419 e. The van der Waals surface area contributed by atoms with Crippen LogP contribution in [-0.4, -0.2) is 15.9 Å². The Hall–Kier alpha value is -2.44. The molecule has 19 heavy (non-hydrogen) atoms. The normalized spacial score (nSPS) is 11.1. The van der Waals surface area contributed by atoms with Gasteiger partial charge in [-0.2, -0.15) is 13.2 Å². The number of hydrogen-bond acceptors (Lipinski definition) is 4. The van der Waals surface area contributed by atoms with Crippen LogP contribution in [0.4, 0.5) is 13.2 Å². The summed E-state index contributed by atoms with van der Waals surface area (Å²) in [5, 5.41) is 0. The van der Waals surface area contributed by atoms with E-state index in [4.69, 9.17) is 4.74 Å². The number of para-hydroxylation sites is 1. The van der Waals surface area contributed by atoms with E-state index in [-0.39, 0.29) is 5.69 Å². The molecule has 4 nitrogen and oxygen atoms in total. The SMILES string of the molecule is O=C(Oc1ccccc1C(F)(F)F)c1cnccn1. The number of halogens is 3. The minimum absolute atomic E-state index is 0.167. The Morgan fingerprint density at radius 3 is 2.53 bits per heavy atom. The largest absolute Gasteiger partial charge is 0.421 e. The summed E-state index contributed by atoms with van der Waals surface area (Å²) in [5.41, 5.74) is -1.19. The fourth-order valence-corrected chi connectivity index (χ4v) is 1.35. The summed E-state index contributed by atoms with van der Waals surface area (Å²) >= 11 is 0. The molecule has 2 aromatic rings. The summed E-state index contributed by atoms with van der Waals surface area (Å²) in [7, 11) is 0. The molecule has 0 bridgehead atoms. The van der Waals surface area contributed by atoms with Gasteiger partial charge in [0.25, 0.3) is 0 Å². The number of nitrogens with zero attached hydrogens (tertiary/aromatic N) is 2. The molecule has 0 unspecified atom stereocenters. The first-order valence-electron chi connectivity index (χ1n) is 5.13. The zero-order chi connectivity index (χ0) is 13.9. The topological polar surface area (TPSA) is 52.1 Å². The second-order valence-electron chi connectivity index (χ2n) is 3.47. The second kappa shape index (κ2) is 5.05. The van der Waals surface area contributed by atoms with Crippen LogP contribution in [0.3, 0.4) is 0 Å². The Labute approximate surface area is 105 Å². The Bertz CT molecular complexity index is 585. The Morgan fingerprint density at radius 2 is 1.89 bits per heavy atom. The molecule has 0 fully saturated rings. The van der Waals surface area contributed by atoms with Gasteiger partial charge >= 0.3 is 12.1 Å². The maximum absolute atomic E-state index is 12.7. The molecule has 0 amide bonds. The molecule has 0 saturated heterocycles. The summed E-state index contributed by atoms with van der Waals surface area (Å²) < 4.78 is 42.7. The Balaban J connectivity index is 2.28. The molecule has 1 aromatic carbocycles. The molecule has 0 aliphatic carbocycles. The predicted octanol–water partition coefficient (Wildman–Crippen LogP) is 2.71. The predicted molar refractivity (Wildman–Crippen MR) is 58.4 cm³/mol. The van der Waals surface area contributed by atoms with Crippen molar-refractivity contribution in [1.29, 1.82) is 0 Å². The van der Waals surface area contributed by atoms with E-state index in [1.54, 1.807) is 0 Å². The van der Waals surface area contributed by atoms with Crippen LogP contribution in [0.2, 0.25) is 0 Å². The van der Waals surface area contributed by atoms with Gasteiger partial charge in [-0.25, -0.2) is 9.78 Å². The number of alkyl halides is 3. The van der Waals surface area contributed by atoms with Gasteiger partial charge in [0.15, 0.2) is 5.69 Å². The molecule has 0 N–H and O–H groups in total. The van der Waals surface area contributed by atoms with E-state index in [9.17, 15) is 18.0 Å². The quantitative estimate of drug-likeness (QED) is 0.620. The zero-order valence-electron chi connectivity index (χ0n) is 9.39. The van der Waals surface area contributed by atoms with Crippen molar-refractivity contribution in [2.45, 2.75) is 6.18 Å². The van der Waals surface area contributed by atoms with Crippen LogP contribution in [0.5, 0.6) is 5.75 Å². The fourth-order valence-electron chi connectivity index (χ4n) is 1.35. The van der Waals surface area contributed by atoms with Crippen molar-refractivity contribution in [3.05, 3.63) is 54.1 Å². The van der Waals surface area contributed by atoms with E-state index >= 15 is 0 Å². The Kier molecular flexibility index (Phi) is 3.46. The minimum Gasteiger partial charge on any atom is -0.421 e. The van der Waals surface area contributed by atoms with Gasteiger partial charge in [0.05, 0.1) is 11.8 Å². The maximum atomic E-state index is 12.7. The molecule has 2 rings (SSSR count). The van der Waals surface area contributed by atoms with Crippen molar-refractivity contribution in [3.8, 4) is 5.75 Å². The lowest BCUT2D eigenvalue weighted by Crippen LogP contribution is -2.14. The molecular weight excluding hydrogens is 261 g/mol. The van der Waals surface area contributed by atoms with Gasteiger partial charge in [0.2, 0.25) is 0 Å². The van der Waals surface area contributed by atoms with Crippen molar-refractivity contribution >= 4 is 5.97 Å². The fraction of sp³-hybridized carbons (Fsp3) is 0.0833. The number of ether oxygens (including phenoxy) is 1. The van der Waals surface area contributed by atoms with Crippen LogP contribution in [-0.2, 0) is 6.18 Å². The van der Waals surface area contributed by atoms with Gasteiger partial charge in [0, 0.05) is 12.4 Å². The minimum atomic E-state index is -4.60. The van der Waals surface area contributed by atoms with Crippen LogP contribution in [0.25, 0.3) is 0 Å². The van der Waals surface area contributed by atoms with Gasteiger partial charge in [-0.15, -0.1) is 0 Å². The highest BCUT2D eigenvalue weighted by Crippen LogP contribution is 2.36. The van der Waals surface area contributed by atoms with E-state index in [0.29, 0.717) is 0 Å². The number of carbonyl (C=O) groups is 1. The van der Waals surface area contributed by atoms with Crippen LogP contribution in [0.1, 0.15) is 16.1 Å². The first kappa shape index (κ1) is 13.0. The lowest BCUT2D eigenvalue weighted by atomic mass is 10.2. The molecule has 0 saturated carbocycles. The summed E-state index contributed by atoms with van der Waals surface area (Å²) in [5.74, 6) is -1.56. The number of rotatable bonds is 2. The Morgan fingerprint density at radius 1 is 1.16 bits per heavy atom. The van der Waals surface area contributed by atoms with Crippen molar-refractivity contribution in [2.24, 2.45) is 0 Å². The first-order valence-corrected chi connectivity index (χ1v) is 5.13. The van der Waals surface area contributed by atoms with Crippen LogP contribution in [0.15, 0.2) is 42.9 Å². The van der Waals surface area contributed by atoms with Crippen LogP contribution in [0, 0.1) is 0 Å². The standard InChI is InChI=1S/C12H7F3N2O2/c13-12(14,15)8-3-1-2-4-10(8)19-11(18)9-7-16-5-6-17-9/h1-7H. The van der Waals surface area contributed by atoms with Gasteiger partial charge in [0.1, 0.15) is 5.75 Å². The molecular formula is C12H7F3N2O2. The highest BCUT2D eigenvalue weighted by atomic mass is 19.4. The monoisotopic (exact) mass is 268 g/mol. The lowest BCUT2D eigenvalue weighted by molar-refractivity contribution is -0.138. The third-order valence-electron chi connectivity index (χ3n) is 2.17. The van der Waals surface area contributed by atoms with E-state index in [1.807, 2.05) is 0 Å². The third-order valence-corrected chi connectivity index (χ3v) is 2.17. The molecule has 7 heteroatoms. The molecule has 0 spiro atoms. The molecule has 0 atom stereocenters. The van der Waals surface area contributed by atoms with Crippen molar-refractivity contribution in [2.75, 3.05) is 0 Å². The van der Waals surface area contributed by atoms with Gasteiger partial charge < -0.3 is 4.74 Å². The van der Waals surface area contributed by atoms with E-state index < -0.39 is 23.5 Å². The molecule has 1 aromatic heterocycles. The first-order chi connectivity index (χ1) is 8.98. The molecule has 98 valence electrons. The molecule has 0 radical (unpaired) electrons. The third kappa shape index (κ3) is 3.06. The highest BCUT2D eigenvalue weighted by Gasteiger charge is 2.34. The van der Waals surface area contributed by atoms with E-state index in [2.05, 4.69) is 9.97 Å². The van der Waals surface area contributed by atoms with Crippen molar-refractivity contribution < 1.29 is 22.7 Å². The highest BCUT2D eigenvalue weighted by molar-refractivity contribution is 5.88. The van der Waals surface area contributed by atoms with Crippen molar-refractivity contribution in [3.63, 3.8) is 0 Å². The summed E-state index contributed by atoms with van der Waals surface area (Å²) in [6.45, 7) is 0. The van der Waals surface area contributed by atoms with Gasteiger partial charge in [-0.3, -0.25) is 4.98 Å². The van der Waals surface area contributed by atoms with Crippen LogP contribution >= 0.6 is 0 Å². The average molecular weight is 268 g/mol. The summed E-state index contributed by atoms with van der Waals surface area (Å²) in [6, 6.07) is 4.45. The number of carbonyl (C=O) groups excluding carboxylic acids is 1. The van der Waals surface area contributed by atoms with Gasteiger partial charge in [-0.05, 0) is 12.1 Å². The number of hydrogen-bond donors (Lipinski definition) is 0. The van der Waals surface area contributed by atoms with E-state index in [1.165, 1.54) is 24.5 Å². The number of esters is 1. The second-order valence-corrected chi connectivity index (χ2v) is 3.47. The summed E-state index contributed by atoms with van der Waals surface area (Å²) in [4.78, 5) is 18.9. The average Bonchev–Trinajstić information content (AvgIpc) is 2.39. The van der Waals surface area contributed by atoms with Crippen molar-refractivity contribution in [1.82, 2.24) is 9.97 Å². The zero-order valence-corrected chi connectivity index (χ0v) is 9.39. The van der Waals surface area contributed by atoms with Crippen LogP contribution < -0.4 is 4.74 Å². The summed E-state index contributed by atoms with van der Waals surface area (Å²) in [6.07, 6.45) is -0.912.